The summed E-state index contributed by atoms with van der Waals surface area (Å²) in [4.78, 5) is 13.7. The Morgan fingerprint density at radius 2 is 2.20 bits per heavy atom. The largest absolute Gasteiger partial charge is 0.467 e. The van der Waals surface area contributed by atoms with Gasteiger partial charge in [-0.25, -0.2) is 4.79 Å². The van der Waals surface area contributed by atoms with E-state index in [1.165, 1.54) is 7.11 Å². The number of hydrogen-bond donors (Lipinski definition) is 1. The minimum Gasteiger partial charge on any atom is -0.467 e. The van der Waals surface area contributed by atoms with Gasteiger partial charge in [-0.15, -0.1) is 0 Å². The fourth-order valence-corrected chi connectivity index (χ4v) is 2.01. The van der Waals surface area contributed by atoms with Gasteiger partial charge in [0.25, 0.3) is 0 Å². The number of anilines is 2. The zero-order valence-electron chi connectivity index (χ0n) is 11.8. The molecule has 2 rings (SSSR count). The number of carbonyl (C=O) groups excluding carboxylic acids is 1. The first-order valence-electron chi connectivity index (χ1n) is 6.25. The Morgan fingerprint density at radius 1 is 1.45 bits per heavy atom. The van der Waals surface area contributed by atoms with Gasteiger partial charge in [-0.3, -0.25) is 0 Å². The Hall–Kier alpha value is -2.43. The zero-order valence-corrected chi connectivity index (χ0v) is 11.8. The molecule has 0 bridgehead atoms. The van der Waals surface area contributed by atoms with E-state index in [1.807, 2.05) is 37.1 Å². The molecule has 106 valence electrons. The van der Waals surface area contributed by atoms with Crippen molar-refractivity contribution < 1.29 is 13.9 Å². The summed E-state index contributed by atoms with van der Waals surface area (Å²) >= 11 is 0. The fourth-order valence-electron chi connectivity index (χ4n) is 2.01. The van der Waals surface area contributed by atoms with Crippen molar-refractivity contribution in [2.75, 3.05) is 24.8 Å². The first-order chi connectivity index (χ1) is 9.52. The van der Waals surface area contributed by atoms with Crippen molar-refractivity contribution >= 4 is 17.3 Å². The predicted molar refractivity (Wildman–Crippen MR) is 77.7 cm³/mol. The number of benzene rings is 1. The van der Waals surface area contributed by atoms with Crippen LogP contribution in [-0.2, 0) is 11.3 Å². The number of ether oxygens (including phenoxy) is 1. The fraction of sp³-hybridized carbons (Fsp3) is 0.267. The summed E-state index contributed by atoms with van der Waals surface area (Å²) < 4.78 is 10.1. The Bertz CT molecular complexity index is 606. The molecule has 0 atom stereocenters. The van der Waals surface area contributed by atoms with Crippen molar-refractivity contribution in [3.05, 3.63) is 47.4 Å². The van der Waals surface area contributed by atoms with Crippen LogP contribution in [0, 0.1) is 6.92 Å². The molecule has 0 radical (unpaired) electrons. The van der Waals surface area contributed by atoms with Crippen molar-refractivity contribution in [1.82, 2.24) is 0 Å². The number of nitrogens with two attached hydrogens (primary N) is 1. The molecule has 5 heteroatoms. The molecule has 0 saturated heterocycles. The molecule has 0 spiro atoms. The highest BCUT2D eigenvalue weighted by atomic mass is 16.5. The first kappa shape index (κ1) is 14.0. The molecule has 0 unspecified atom stereocenters. The molecule has 1 aromatic heterocycles. The Labute approximate surface area is 117 Å². The van der Waals surface area contributed by atoms with Crippen molar-refractivity contribution in [1.29, 1.82) is 0 Å². The quantitative estimate of drug-likeness (QED) is 0.685. The van der Waals surface area contributed by atoms with Crippen LogP contribution < -0.4 is 10.6 Å². The van der Waals surface area contributed by atoms with E-state index in [9.17, 15) is 4.79 Å². The summed E-state index contributed by atoms with van der Waals surface area (Å²) in [5.74, 6) is 0.417. The Kier molecular flexibility index (Phi) is 3.98. The average Bonchev–Trinajstić information content (AvgIpc) is 2.93. The second kappa shape index (κ2) is 5.69. The smallest absolute Gasteiger partial charge is 0.340 e. The predicted octanol–water partition coefficient (Wildman–Crippen LogP) is 2.59. The van der Waals surface area contributed by atoms with Gasteiger partial charge in [0.15, 0.2) is 0 Å². The van der Waals surface area contributed by atoms with Gasteiger partial charge < -0.3 is 19.8 Å². The second-order valence-corrected chi connectivity index (χ2v) is 4.65. The van der Waals surface area contributed by atoms with E-state index < -0.39 is 5.97 Å². The maximum absolute atomic E-state index is 11.7. The molecule has 0 amide bonds. The van der Waals surface area contributed by atoms with Crippen LogP contribution in [0.3, 0.4) is 0 Å². The van der Waals surface area contributed by atoms with Crippen LogP contribution in [0.5, 0.6) is 0 Å². The molecular formula is C15H18N2O3. The zero-order chi connectivity index (χ0) is 14.7. The molecule has 0 aliphatic carbocycles. The normalized spacial score (nSPS) is 10.3. The maximum atomic E-state index is 11.7. The molecule has 5 nitrogen and oxygen atoms in total. The molecule has 1 aromatic carbocycles. The summed E-state index contributed by atoms with van der Waals surface area (Å²) in [7, 11) is 3.27. The number of aryl methyl sites for hydroxylation is 1. The minimum atomic E-state index is -0.432. The van der Waals surface area contributed by atoms with E-state index in [-0.39, 0.29) is 0 Å². The Balaban J connectivity index is 2.32. The molecule has 0 aliphatic rings. The van der Waals surface area contributed by atoms with Crippen LogP contribution in [0.4, 0.5) is 11.4 Å². The van der Waals surface area contributed by atoms with Crippen molar-refractivity contribution in [2.24, 2.45) is 0 Å². The highest BCUT2D eigenvalue weighted by Gasteiger charge is 2.15. The van der Waals surface area contributed by atoms with Crippen molar-refractivity contribution in [3.63, 3.8) is 0 Å². The lowest BCUT2D eigenvalue weighted by molar-refractivity contribution is 0.0602. The number of carbonyl (C=O) groups is 1. The van der Waals surface area contributed by atoms with Gasteiger partial charge in [-0.1, -0.05) is 0 Å². The first-order valence-corrected chi connectivity index (χ1v) is 6.25. The van der Waals surface area contributed by atoms with Gasteiger partial charge in [-0.2, -0.15) is 0 Å². The molecule has 2 aromatic rings. The topological polar surface area (TPSA) is 68.7 Å². The molecule has 2 N–H and O–H groups in total. The van der Waals surface area contributed by atoms with E-state index in [1.54, 1.807) is 12.3 Å². The Morgan fingerprint density at radius 3 is 2.80 bits per heavy atom. The van der Waals surface area contributed by atoms with Gasteiger partial charge >= 0.3 is 5.97 Å². The summed E-state index contributed by atoms with van der Waals surface area (Å²) in [6.07, 6.45) is 1.64. The van der Waals surface area contributed by atoms with Crippen LogP contribution in [0.1, 0.15) is 21.7 Å². The molecule has 1 heterocycles. The number of nitrogens with zero attached hydrogens (tertiary/aromatic N) is 1. The standard InChI is InChI=1S/C15H18N2O3/c1-10-7-11(8-13(14(10)16)15(18)19-3)17(2)9-12-5-4-6-20-12/h4-8H,9,16H2,1-3H3. The third-order valence-corrected chi connectivity index (χ3v) is 3.19. The average molecular weight is 274 g/mol. The number of nitrogen functional groups attached to an aromatic ring is 1. The van der Waals surface area contributed by atoms with Crippen molar-refractivity contribution in [3.8, 4) is 0 Å². The summed E-state index contributed by atoms with van der Waals surface area (Å²) in [6, 6.07) is 7.42. The van der Waals surface area contributed by atoms with Crippen LogP contribution >= 0.6 is 0 Å². The third-order valence-electron chi connectivity index (χ3n) is 3.19. The molecule has 0 saturated carbocycles. The van der Waals surface area contributed by atoms with Crippen LogP contribution in [0.15, 0.2) is 34.9 Å². The van der Waals surface area contributed by atoms with Crippen molar-refractivity contribution in [2.45, 2.75) is 13.5 Å². The van der Waals surface area contributed by atoms with E-state index in [0.717, 1.165) is 17.0 Å². The molecule has 0 aliphatic heterocycles. The monoisotopic (exact) mass is 274 g/mol. The van der Waals surface area contributed by atoms with E-state index >= 15 is 0 Å². The summed E-state index contributed by atoms with van der Waals surface area (Å²) in [6.45, 7) is 2.48. The highest BCUT2D eigenvalue weighted by Crippen LogP contribution is 2.26. The number of esters is 1. The van der Waals surface area contributed by atoms with E-state index in [4.69, 9.17) is 14.9 Å². The lowest BCUT2D eigenvalue weighted by atomic mass is 10.1. The van der Waals surface area contributed by atoms with E-state index in [0.29, 0.717) is 17.8 Å². The van der Waals surface area contributed by atoms with Gasteiger partial charge in [0.1, 0.15) is 5.76 Å². The van der Waals surface area contributed by atoms with Crippen LogP contribution in [0.25, 0.3) is 0 Å². The van der Waals surface area contributed by atoms with Gasteiger partial charge in [0.05, 0.1) is 25.5 Å². The second-order valence-electron chi connectivity index (χ2n) is 4.65. The molecule has 20 heavy (non-hydrogen) atoms. The number of methoxy groups -OCH3 is 1. The number of hydrogen-bond acceptors (Lipinski definition) is 5. The highest BCUT2D eigenvalue weighted by molar-refractivity contribution is 5.97. The summed E-state index contributed by atoms with van der Waals surface area (Å²) in [5, 5.41) is 0. The lowest BCUT2D eigenvalue weighted by Crippen LogP contribution is -2.17. The third kappa shape index (κ3) is 2.77. The molecule has 0 fully saturated rings. The number of furan rings is 1. The summed E-state index contributed by atoms with van der Waals surface area (Å²) in [5.41, 5.74) is 8.49. The van der Waals surface area contributed by atoms with Gasteiger partial charge in [0.2, 0.25) is 0 Å². The maximum Gasteiger partial charge on any atom is 0.340 e. The number of rotatable bonds is 4. The van der Waals surface area contributed by atoms with Crippen LogP contribution in [-0.4, -0.2) is 20.1 Å². The minimum absolute atomic E-state index is 0.383. The van der Waals surface area contributed by atoms with Gasteiger partial charge in [0, 0.05) is 18.4 Å². The van der Waals surface area contributed by atoms with Gasteiger partial charge in [-0.05, 0) is 36.8 Å². The lowest BCUT2D eigenvalue weighted by Gasteiger charge is -2.20. The molecular weight excluding hydrogens is 256 g/mol. The van der Waals surface area contributed by atoms with Crippen LogP contribution in [0.2, 0.25) is 0 Å². The van der Waals surface area contributed by atoms with E-state index in [2.05, 4.69) is 0 Å². The SMILES string of the molecule is COC(=O)c1cc(N(C)Cc2ccco2)cc(C)c1N.